The number of hydrogen-bond donors (Lipinski definition) is 0. The number of nitrogens with zero attached hydrogens (tertiary/aromatic N) is 4. The SMILES string of the molecule is Cc1nccn1C1CCCN(C(=O)c2cnc(C3CC3)s2)C1. The van der Waals surface area contributed by atoms with E-state index in [0.29, 0.717) is 12.0 Å². The van der Waals surface area contributed by atoms with Gasteiger partial charge < -0.3 is 9.47 Å². The fraction of sp³-hybridized carbons (Fsp3) is 0.562. The molecule has 0 radical (unpaired) electrons. The Kier molecular flexibility index (Phi) is 3.48. The molecule has 22 heavy (non-hydrogen) atoms. The van der Waals surface area contributed by atoms with E-state index in [1.807, 2.05) is 24.2 Å². The average molecular weight is 316 g/mol. The average Bonchev–Trinajstić information content (AvgIpc) is 3.11. The van der Waals surface area contributed by atoms with Crippen LogP contribution < -0.4 is 0 Å². The van der Waals surface area contributed by atoms with Gasteiger partial charge in [0.05, 0.1) is 17.2 Å². The zero-order valence-electron chi connectivity index (χ0n) is 12.7. The number of likely N-dealkylation sites (tertiary alicyclic amines) is 1. The lowest BCUT2D eigenvalue weighted by Gasteiger charge is -2.33. The molecule has 2 aliphatic rings. The topological polar surface area (TPSA) is 51.0 Å². The van der Waals surface area contributed by atoms with Crippen LogP contribution in [0.15, 0.2) is 18.6 Å². The third-order valence-electron chi connectivity index (χ3n) is 4.60. The molecule has 1 aliphatic carbocycles. The Hall–Kier alpha value is -1.69. The predicted octanol–water partition coefficient (Wildman–Crippen LogP) is 3.00. The zero-order valence-corrected chi connectivity index (χ0v) is 13.6. The van der Waals surface area contributed by atoms with Crippen LogP contribution >= 0.6 is 11.3 Å². The number of carbonyl (C=O) groups is 1. The van der Waals surface area contributed by atoms with Crippen LogP contribution in [0.1, 0.15) is 58.1 Å². The van der Waals surface area contributed by atoms with Crippen molar-refractivity contribution in [1.82, 2.24) is 19.4 Å². The van der Waals surface area contributed by atoms with Crippen LogP contribution in [-0.2, 0) is 0 Å². The Balaban J connectivity index is 1.49. The summed E-state index contributed by atoms with van der Waals surface area (Å²) in [6.45, 7) is 3.64. The van der Waals surface area contributed by atoms with Gasteiger partial charge in [-0.3, -0.25) is 4.79 Å². The van der Waals surface area contributed by atoms with E-state index in [-0.39, 0.29) is 5.91 Å². The van der Waals surface area contributed by atoms with Crippen LogP contribution in [0.4, 0.5) is 0 Å². The molecule has 2 fully saturated rings. The summed E-state index contributed by atoms with van der Waals surface area (Å²) in [6, 6.07) is 0.344. The highest BCUT2D eigenvalue weighted by Crippen LogP contribution is 2.42. The van der Waals surface area contributed by atoms with Crippen molar-refractivity contribution >= 4 is 17.2 Å². The maximum atomic E-state index is 12.7. The maximum Gasteiger partial charge on any atom is 0.265 e. The molecule has 2 aromatic heterocycles. The van der Waals surface area contributed by atoms with Crippen molar-refractivity contribution in [1.29, 1.82) is 0 Å². The summed E-state index contributed by atoms with van der Waals surface area (Å²) in [5, 5.41) is 1.14. The molecule has 0 spiro atoms. The summed E-state index contributed by atoms with van der Waals surface area (Å²) < 4.78 is 2.20. The molecule has 5 nitrogen and oxygen atoms in total. The number of amides is 1. The minimum atomic E-state index is 0.145. The van der Waals surface area contributed by atoms with Crippen molar-refractivity contribution in [2.75, 3.05) is 13.1 Å². The zero-order chi connectivity index (χ0) is 15.1. The number of carbonyl (C=O) groups excluding carboxylic acids is 1. The molecule has 0 N–H and O–H groups in total. The molecule has 1 unspecified atom stereocenters. The number of thiazole rings is 1. The molecule has 1 amide bonds. The molecule has 3 heterocycles. The maximum absolute atomic E-state index is 12.7. The predicted molar refractivity (Wildman–Crippen MR) is 85.2 cm³/mol. The second-order valence-electron chi connectivity index (χ2n) is 6.27. The summed E-state index contributed by atoms with van der Waals surface area (Å²) in [7, 11) is 0. The van der Waals surface area contributed by atoms with Gasteiger partial charge >= 0.3 is 0 Å². The molecule has 1 saturated carbocycles. The molecular weight excluding hydrogens is 296 g/mol. The largest absolute Gasteiger partial charge is 0.336 e. The lowest BCUT2D eigenvalue weighted by molar-refractivity contribution is 0.0683. The molecule has 0 aromatic carbocycles. The van der Waals surface area contributed by atoms with Crippen molar-refractivity contribution in [3.8, 4) is 0 Å². The Morgan fingerprint density at radius 1 is 1.32 bits per heavy atom. The van der Waals surface area contributed by atoms with Gasteiger partial charge in [0, 0.05) is 31.4 Å². The van der Waals surface area contributed by atoms with Gasteiger partial charge in [0.15, 0.2) is 0 Å². The minimum Gasteiger partial charge on any atom is -0.336 e. The van der Waals surface area contributed by atoms with E-state index in [2.05, 4.69) is 14.5 Å². The lowest BCUT2D eigenvalue weighted by atomic mass is 10.1. The summed E-state index contributed by atoms with van der Waals surface area (Å²) in [5.74, 6) is 1.79. The highest BCUT2D eigenvalue weighted by molar-refractivity contribution is 7.13. The van der Waals surface area contributed by atoms with Gasteiger partial charge in [-0.25, -0.2) is 9.97 Å². The molecule has 1 atom stereocenters. The third kappa shape index (κ3) is 2.56. The first-order chi connectivity index (χ1) is 10.7. The smallest absolute Gasteiger partial charge is 0.265 e. The molecule has 0 bridgehead atoms. The van der Waals surface area contributed by atoms with Gasteiger partial charge in [0.2, 0.25) is 0 Å². The highest BCUT2D eigenvalue weighted by atomic mass is 32.1. The number of aromatic nitrogens is 3. The number of imidazole rings is 1. The lowest BCUT2D eigenvalue weighted by Crippen LogP contribution is -2.40. The molecule has 6 heteroatoms. The second-order valence-corrected chi connectivity index (χ2v) is 7.33. The van der Waals surface area contributed by atoms with E-state index in [4.69, 9.17) is 0 Å². The number of piperidine rings is 1. The van der Waals surface area contributed by atoms with Gasteiger partial charge in [0.1, 0.15) is 10.7 Å². The van der Waals surface area contributed by atoms with Crippen LogP contribution in [0.3, 0.4) is 0 Å². The number of rotatable bonds is 3. The molecule has 1 saturated heterocycles. The molecule has 2 aromatic rings. The fourth-order valence-electron chi connectivity index (χ4n) is 3.20. The summed E-state index contributed by atoms with van der Waals surface area (Å²) in [6.07, 6.45) is 10.2. The van der Waals surface area contributed by atoms with E-state index in [1.54, 1.807) is 17.5 Å². The standard InChI is InChI=1S/C16H20N4OS/c1-11-17-6-8-20(11)13-3-2-7-19(10-13)16(21)14-9-18-15(22-14)12-4-5-12/h6,8-9,12-13H,2-5,7,10H2,1H3. The van der Waals surface area contributed by atoms with Crippen molar-refractivity contribution in [3.05, 3.63) is 34.3 Å². The summed E-state index contributed by atoms with van der Waals surface area (Å²) in [4.78, 5) is 24.2. The second kappa shape index (κ2) is 5.50. The van der Waals surface area contributed by atoms with E-state index in [0.717, 1.165) is 41.6 Å². The fourth-order valence-corrected chi connectivity index (χ4v) is 4.26. The third-order valence-corrected chi connectivity index (χ3v) is 5.75. The number of aryl methyl sites for hydroxylation is 1. The Morgan fingerprint density at radius 3 is 2.91 bits per heavy atom. The van der Waals surface area contributed by atoms with Crippen LogP contribution in [0, 0.1) is 6.92 Å². The molecule has 116 valence electrons. The number of hydrogen-bond acceptors (Lipinski definition) is 4. The summed E-state index contributed by atoms with van der Waals surface area (Å²) in [5.41, 5.74) is 0. The van der Waals surface area contributed by atoms with Gasteiger partial charge in [-0.15, -0.1) is 11.3 Å². The Bertz CT molecular complexity index is 688. The first-order valence-corrected chi connectivity index (χ1v) is 8.78. The van der Waals surface area contributed by atoms with E-state index in [1.165, 1.54) is 12.8 Å². The van der Waals surface area contributed by atoms with Crippen LogP contribution in [0.5, 0.6) is 0 Å². The Morgan fingerprint density at radius 2 is 2.18 bits per heavy atom. The van der Waals surface area contributed by atoms with E-state index < -0.39 is 0 Å². The summed E-state index contributed by atoms with van der Waals surface area (Å²) >= 11 is 1.59. The molecule has 4 rings (SSSR count). The van der Waals surface area contributed by atoms with Crippen molar-refractivity contribution in [2.24, 2.45) is 0 Å². The van der Waals surface area contributed by atoms with Gasteiger partial charge in [-0.05, 0) is 32.6 Å². The first kappa shape index (κ1) is 13.9. The first-order valence-electron chi connectivity index (χ1n) is 7.97. The highest BCUT2D eigenvalue weighted by Gasteiger charge is 2.30. The van der Waals surface area contributed by atoms with E-state index in [9.17, 15) is 4.79 Å². The van der Waals surface area contributed by atoms with Crippen molar-refractivity contribution in [2.45, 2.75) is 44.6 Å². The van der Waals surface area contributed by atoms with Crippen molar-refractivity contribution < 1.29 is 4.79 Å². The van der Waals surface area contributed by atoms with Gasteiger partial charge in [-0.1, -0.05) is 0 Å². The Labute approximate surface area is 134 Å². The minimum absolute atomic E-state index is 0.145. The van der Waals surface area contributed by atoms with Crippen molar-refractivity contribution in [3.63, 3.8) is 0 Å². The monoisotopic (exact) mass is 316 g/mol. The van der Waals surface area contributed by atoms with E-state index >= 15 is 0 Å². The molecular formula is C16H20N4OS. The quantitative estimate of drug-likeness (QED) is 0.874. The van der Waals surface area contributed by atoms with Crippen LogP contribution in [-0.4, -0.2) is 38.4 Å². The van der Waals surface area contributed by atoms with Gasteiger partial charge in [-0.2, -0.15) is 0 Å². The molecule has 1 aliphatic heterocycles. The van der Waals surface area contributed by atoms with Crippen LogP contribution in [0.25, 0.3) is 0 Å². The normalized spacial score (nSPS) is 22.0. The van der Waals surface area contributed by atoms with Crippen LogP contribution in [0.2, 0.25) is 0 Å². The van der Waals surface area contributed by atoms with Gasteiger partial charge in [0.25, 0.3) is 5.91 Å².